The molecule has 30 heavy (non-hydrogen) atoms. The number of hydrogen-bond acceptors (Lipinski definition) is 2. The standard InChI is InChI=1S/C24H24ClN3OS/c1-24(2,3)17-9-7-16(8-10-17)22(29)26-20-5-4-6-21(15-20)28-23(30)27-19-13-11-18(25)12-14-19/h4-15H,1-3H3,(H,26,29)(H2,27,28,30). The molecule has 0 saturated carbocycles. The molecule has 0 aliphatic carbocycles. The van der Waals surface area contributed by atoms with Crippen molar-refractivity contribution < 1.29 is 4.79 Å². The summed E-state index contributed by atoms with van der Waals surface area (Å²) in [4.78, 5) is 12.6. The number of benzene rings is 3. The molecule has 0 heterocycles. The Bertz CT molecular complexity index is 1040. The summed E-state index contributed by atoms with van der Waals surface area (Å²) in [5, 5.41) is 10.2. The first-order chi connectivity index (χ1) is 14.2. The number of carbonyl (C=O) groups excluding carboxylic acids is 1. The first-order valence-corrected chi connectivity index (χ1v) is 10.3. The molecule has 1 amide bonds. The van der Waals surface area contributed by atoms with E-state index in [2.05, 4.69) is 36.7 Å². The summed E-state index contributed by atoms with van der Waals surface area (Å²) in [6.07, 6.45) is 0. The van der Waals surface area contributed by atoms with Crippen LogP contribution in [0.4, 0.5) is 17.1 Å². The lowest BCUT2D eigenvalue weighted by Crippen LogP contribution is -2.19. The van der Waals surface area contributed by atoms with Crippen molar-refractivity contribution in [2.45, 2.75) is 26.2 Å². The van der Waals surface area contributed by atoms with Gasteiger partial charge in [-0.1, -0.05) is 50.6 Å². The van der Waals surface area contributed by atoms with E-state index >= 15 is 0 Å². The lowest BCUT2D eigenvalue weighted by molar-refractivity contribution is 0.102. The van der Waals surface area contributed by atoms with E-state index in [1.165, 1.54) is 5.56 Å². The van der Waals surface area contributed by atoms with Gasteiger partial charge in [-0.3, -0.25) is 4.79 Å². The van der Waals surface area contributed by atoms with Crippen LogP contribution in [0.15, 0.2) is 72.8 Å². The molecule has 3 aromatic rings. The summed E-state index contributed by atoms with van der Waals surface area (Å²) < 4.78 is 0. The molecule has 0 unspecified atom stereocenters. The van der Waals surface area contributed by atoms with Gasteiger partial charge in [0.2, 0.25) is 0 Å². The molecule has 0 spiro atoms. The van der Waals surface area contributed by atoms with Gasteiger partial charge in [-0.05, 0) is 77.8 Å². The number of nitrogens with one attached hydrogen (secondary N) is 3. The molecule has 0 aromatic heterocycles. The molecular formula is C24H24ClN3OS. The normalized spacial score (nSPS) is 10.9. The zero-order valence-corrected chi connectivity index (χ0v) is 18.7. The maximum Gasteiger partial charge on any atom is 0.255 e. The lowest BCUT2D eigenvalue weighted by Gasteiger charge is -2.19. The van der Waals surface area contributed by atoms with Crippen LogP contribution in [-0.2, 0) is 5.41 Å². The summed E-state index contributed by atoms with van der Waals surface area (Å²) >= 11 is 11.3. The minimum atomic E-state index is -0.158. The second kappa shape index (κ2) is 9.28. The second-order valence-corrected chi connectivity index (χ2v) is 8.79. The van der Waals surface area contributed by atoms with Gasteiger partial charge >= 0.3 is 0 Å². The third-order valence-electron chi connectivity index (χ3n) is 4.49. The Balaban J connectivity index is 1.62. The number of thiocarbonyl (C=S) groups is 1. The summed E-state index contributed by atoms with van der Waals surface area (Å²) in [7, 11) is 0. The molecule has 0 fully saturated rings. The molecule has 0 aliphatic heterocycles. The van der Waals surface area contributed by atoms with Gasteiger partial charge in [-0.15, -0.1) is 0 Å². The van der Waals surface area contributed by atoms with Crippen LogP contribution in [0, 0.1) is 0 Å². The average Bonchev–Trinajstić information content (AvgIpc) is 2.69. The minimum Gasteiger partial charge on any atom is -0.332 e. The quantitative estimate of drug-likeness (QED) is 0.397. The molecule has 0 radical (unpaired) electrons. The van der Waals surface area contributed by atoms with Crippen LogP contribution >= 0.6 is 23.8 Å². The van der Waals surface area contributed by atoms with E-state index in [0.29, 0.717) is 21.4 Å². The largest absolute Gasteiger partial charge is 0.332 e. The van der Waals surface area contributed by atoms with Crippen molar-refractivity contribution in [3.8, 4) is 0 Å². The highest BCUT2D eigenvalue weighted by Crippen LogP contribution is 2.23. The van der Waals surface area contributed by atoms with Crippen LogP contribution in [0.1, 0.15) is 36.7 Å². The molecule has 6 heteroatoms. The molecule has 4 nitrogen and oxygen atoms in total. The van der Waals surface area contributed by atoms with Gasteiger partial charge in [0.25, 0.3) is 5.91 Å². The Labute approximate surface area is 187 Å². The van der Waals surface area contributed by atoms with E-state index in [0.717, 1.165) is 11.4 Å². The van der Waals surface area contributed by atoms with Crippen LogP contribution in [0.3, 0.4) is 0 Å². The minimum absolute atomic E-state index is 0.0491. The van der Waals surface area contributed by atoms with Gasteiger partial charge in [0.15, 0.2) is 5.11 Å². The monoisotopic (exact) mass is 437 g/mol. The van der Waals surface area contributed by atoms with Gasteiger partial charge in [0, 0.05) is 27.6 Å². The summed E-state index contributed by atoms with van der Waals surface area (Å²) in [6, 6.07) is 22.4. The Hall–Kier alpha value is -2.89. The van der Waals surface area contributed by atoms with Crippen LogP contribution < -0.4 is 16.0 Å². The van der Waals surface area contributed by atoms with Crippen LogP contribution in [0.5, 0.6) is 0 Å². The van der Waals surface area contributed by atoms with Gasteiger partial charge in [-0.25, -0.2) is 0 Å². The highest BCUT2D eigenvalue weighted by Gasteiger charge is 2.14. The van der Waals surface area contributed by atoms with Crippen LogP contribution in [0.25, 0.3) is 0 Å². The van der Waals surface area contributed by atoms with Crippen molar-refractivity contribution in [1.82, 2.24) is 0 Å². The first kappa shape index (κ1) is 21.8. The fourth-order valence-corrected chi connectivity index (χ4v) is 3.19. The second-order valence-electron chi connectivity index (χ2n) is 7.95. The molecule has 0 bridgehead atoms. The third-order valence-corrected chi connectivity index (χ3v) is 4.95. The highest BCUT2D eigenvalue weighted by atomic mass is 35.5. The van der Waals surface area contributed by atoms with E-state index in [-0.39, 0.29) is 11.3 Å². The SMILES string of the molecule is CC(C)(C)c1ccc(C(=O)Nc2cccc(NC(=S)Nc3ccc(Cl)cc3)c2)cc1. The Kier molecular flexibility index (Phi) is 6.75. The highest BCUT2D eigenvalue weighted by molar-refractivity contribution is 7.80. The van der Waals surface area contributed by atoms with Gasteiger partial charge in [0.1, 0.15) is 0 Å². The first-order valence-electron chi connectivity index (χ1n) is 9.56. The van der Waals surface area contributed by atoms with Gasteiger partial charge in [-0.2, -0.15) is 0 Å². The van der Waals surface area contributed by atoms with Crippen molar-refractivity contribution in [3.63, 3.8) is 0 Å². The van der Waals surface area contributed by atoms with E-state index in [1.54, 1.807) is 12.1 Å². The van der Waals surface area contributed by atoms with Crippen molar-refractivity contribution in [2.24, 2.45) is 0 Å². The zero-order chi connectivity index (χ0) is 21.7. The molecule has 0 atom stereocenters. The molecular weight excluding hydrogens is 414 g/mol. The number of halogens is 1. The van der Waals surface area contributed by atoms with Crippen molar-refractivity contribution in [2.75, 3.05) is 16.0 Å². The van der Waals surface area contributed by atoms with Crippen LogP contribution in [-0.4, -0.2) is 11.0 Å². The Morgan fingerprint density at radius 1 is 0.800 bits per heavy atom. The number of carbonyl (C=O) groups is 1. The maximum absolute atomic E-state index is 12.6. The van der Waals surface area contributed by atoms with Crippen molar-refractivity contribution in [1.29, 1.82) is 0 Å². The lowest BCUT2D eigenvalue weighted by atomic mass is 9.87. The van der Waals surface area contributed by atoms with E-state index in [4.69, 9.17) is 23.8 Å². The Morgan fingerprint density at radius 2 is 1.37 bits per heavy atom. The van der Waals surface area contributed by atoms with Crippen molar-refractivity contribution >= 4 is 51.9 Å². The smallest absolute Gasteiger partial charge is 0.255 e. The fraction of sp³-hybridized carbons (Fsp3) is 0.167. The predicted molar refractivity (Wildman–Crippen MR) is 131 cm³/mol. The molecule has 3 N–H and O–H groups in total. The summed E-state index contributed by atoms with van der Waals surface area (Å²) in [5.74, 6) is -0.158. The van der Waals surface area contributed by atoms with Crippen LogP contribution in [0.2, 0.25) is 5.02 Å². The van der Waals surface area contributed by atoms with Gasteiger partial charge < -0.3 is 16.0 Å². The molecule has 0 aliphatic rings. The number of rotatable bonds is 4. The third kappa shape index (κ3) is 6.05. The molecule has 0 saturated heterocycles. The average molecular weight is 438 g/mol. The number of hydrogen-bond donors (Lipinski definition) is 3. The summed E-state index contributed by atoms with van der Waals surface area (Å²) in [5.41, 5.74) is 4.13. The summed E-state index contributed by atoms with van der Waals surface area (Å²) in [6.45, 7) is 6.44. The molecule has 3 rings (SSSR count). The predicted octanol–water partition coefficient (Wildman–Crippen LogP) is 6.70. The van der Waals surface area contributed by atoms with Gasteiger partial charge in [0.05, 0.1) is 0 Å². The number of anilines is 3. The fourth-order valence-electron chi connectivity index (χ4n) is 2.83. The zero-order valence-electron chi connectivity index (χ0n) is 17.1. The van der Waals surface area contributed by atoms with Crippen molar-refractivity contribution in [3.05, 3.63) is 88.9 Å². The molecule has 3 aromatic carbocycles. The van der Waals surface area contributed by atoms with E-state index in [9.17, 15) is 4.79 Å². The van der Waals surface area contributed by atoms with E-state index in [1.807, 2.05) is 60.7 Å². The maximum atomic E-state index is 12.6. The van der Waals surface area contributed by atoms with E-state index < -0.39 is 0 Å². The number of amides is 1. The Morgan fingerprint density at radius 3 is 1.97 bits per heavy atom. The molecule has 154 valence electrons. The topological polar surface area (TPSA) is 53.2 Å².